The smallest absolute Gasteiger partial charge is 0.0724 e. The van der Waals surface area contributed by atoms with Gasteiger partial charge in [0.25, 0.3) is 0 Å². The van der Waals surface area contributed by atoms with Crippen LogP contribution in [-0.2, 0) is 11.3 Å². The maximum Gasteiger partial charge on any atom is 0.0724 e. The maximum atomic E-state index is 6.01. The number of fused-ring (bicyclic) bond motifs is 5. The Labute approximate surface area is 97.2 Å². The van der Waals surface area contributed by atoms with Crippen molar-refractivity contribution in [3.8, 4) is 0 Å². The summed E-state index contributed by atoms with van der Waals surface area (Å²) >= 11 is 0. The Morgan fingerprint density at radius 2 is 2.06 bits per heavy atom. The van der Waals surface area contributed by atoms with Gasteiger partial charge in [-0.05, 0) is 36.9 Å². The normalized spacial score (nSPS) is 30.3. The predicted molar refractivity (Wildman–Crippen MR) is 64.5 cm³/mol. The molecule has 2 aliphatic rings. The molecule has 1 fully saturated rings. The van der Waals surface area contributed by atoms with E-state index in [4.69, 9.17) is 4.74 Å². The van der Waals surface area contributed by atoms with Crippen LogP contribution in [0.4, 0.5) is 0 Å². The van der Waals surface area contributed by atoms with Crippen LogP contribution in [0.25, 0.3) is 0 Å². The summed E-state index contributed by atoms with van der Waals surface area (Å²) in [6.07, 6.45) is 2.92. The zero-order valence-corrected chi connectivity index (χ0v) is 9.86. The predicted octanol–water partition coefficient (Wildman–Crippen LogP) is 2.39. The molecule has 0 amide bonds. The fourth-order valence-corrected chi connectivity index (χ4v) is 3.03. The molecule has 2 atom stereocenters. The van der Waals surface area contributed by atoms with Gasteiger partial charge in [-0.15, -0.1) is 0 Å². The molecule has 0 spiro atoms. The van der Waals surface area contributed by atoms with Crippen molar-refractivity contribution >= 4 is 0 Å². The lowest BCUT2D eigenvalue weighted by Gasteiger charge is -2.22. The van der Waals surface area contributed by atoms with Crippen LogP contribution in [0, 0.1) is 0 Å². The van der Waals surface area contributed by atoms with E-state index in [1.807, 2.05) is 0 Å². The summed E-state index contributed by atoms with van der Waals surface area (Å²) < 4.78 is 6.01. The quantitative estimate of drug-likeness (QED) is 0.661. The number of hydrogen-bond acceptors (Lipinski definition) is 2. The highest BCUT2D eigenvalue weighted by atomic mass is 16.5. The van der Waals surface area contributed by atoms with Crippen molar-refractivity contribution in [1.82, 2.24) is 4.90 Å². The highest BCUT2D eigenvalue weighted by Crippen LogP contribution is 2.32. The minimum absolute atomic E-state index is 0.434. The number of rotatable bonds is 0. The molecule has 0 aliphatic carbocycles. The summed E-state index contributed by atoms with van der Waals surface area (Å²) in [6.45, 7) is 3.06. The molecule has 0 radical (unpaired) electrons. The first-order chi connectivity index (χ1) is 7.83. The second-order valence-electron chi connectivity index (χ2n) is 5.13. The molecule has 1 aromatic carbocycles. The van der Waals surface area contributed by atoms with E-state index in [-0.39, 0.29) is 0 Å². The third-order valence-corrected chi connectivity index (χ3v) is 3.85. The van der Waals surface area contributed by atoms with Gasteiger partial charge in [-0.3, -0.25) is 0 Å². The second kappa shape index (κ2) is 4.19. The van der Waals surface area contributed by atoms with Gasteiger partial charge in [0.05, 0.1) is 12.7 Å². The van der Waals surface area contributed by atoms with E-state index < -0.39 is 0 Å². The van der Waals surface area contributed by atoms with Crippen molar-refractivity contribution in [3.63, 3.8) is 0 Å². The lowest BCUT2D eigenvalue weighted by molar-refractivity contribution is 0.0214. The molecule has 86 valence electrons. The zero-order valence-electron chi connectivity index (χ0n) is 9.86. The molecule has 2 heterocycles. The fraction of sp³-hybridized carbons (Fsp3) is 0.571. The first-order valence-electron chi connectivity index (χ1n) is 6.21. The van der Waals surface area contributed by atoms with E-state index in [0.29, 0.717) is 12.0 Å². The highest BCUT2D eigenvalue weighted by molar-refractivity contribution is 5.31. The summed E-state index contributed by atoms with van der Waals surface area (Å²) in [4.78, 5) is 2.42. The highest BCUT2D eigenvalue weighted by Gasteiger charge is 2.27. The van der Waals surface area contributed by atoms with Crippen LogP contribution in [-0.4, -0.2) is 31.1 Å². The molecular weight excluding hydrogens is 198 g/mol. The standard InChI is InChI=1S/C14H19NO/c1-15-8-11-6-7-13(9-15)16-10-12-4-2-3-5-14(11)12/h2-5,11,13H,6-10H2,1H3. The first kappa shape index (κ1) is 10.3. The van der Waals surface area contributed by atoms with Crippen molar-refractivity contribution in [3.05, 3.63) is 35.4 Å². The summed E-state index contributed by atoms with van der Waals surface area (Å²) in [7, 11) is 2.21. The third-order valence-electron chi connectivity index (χ3n) is 3.85. The summed E-state index contributed by atoms with van der Waals surface area (Å²) in [5, 5.41) is 0. The Hall–Kier alpha value is -0.860. The van der Waals surface area contributed by atoms with Gasteiger partial charge >= 0.3 is 0 Å². The van der Waals surface area contributed by atoms with Crippen molar-refractivity contribution in [2.75, 3.05) is 20.1 Å². The Kier molecular flexibility index (Phi) is 2.70. The second-order valence-corrected chi connectivity index (χ2v) is 5.13. The van der Waals surface area contributed by atoms with E-state index in [1.54, 1.807) is 0 Å². The number of ether oxygens (including phenoxy) is 1. The zero-order chi connectivity index (χ0) is 11.0. The average Bonchev–Trinajstić information content (AvgIpc) is 2.43. The van der Waals surface area contributed by atoms with Gasteiger partial charge in [0.15, 0.2) is 0 Å². The lowest BCUT2D eigenvalue weighted by Crippen LogP contribution is -2.29. The Bertz CT molecular complexity index is 377. The minimum Gasteiger partial charge on any atom is -0.372 e. The number of benzene rings is 1. The van der Waals surface area contributed by atoms with Gasteiger partial charge in [-0.2, -0.15) is 0 Å². The van der Waals surface area contributed by atoms with Crippen LogP contribution in [0.2, 0.25) is 0 Å². The number of nitrogens with zero attached hydrogens (tertiary/aromatic N) is 1. The van der Waals surface area contributed by atoms with Gasteiger partial charge in [0.2, 0.25) is 0 Å². The van der Waals surface area contributed by atoms with Crippen LogP contribution in [0.15, 0.2) is 24.3 Å². The van der Waals surface area contributed by atoms with E-state index >= 15 is 0 Å². The molecule has 2 aliphatic heterocycles. The van der Waals surface area contributed by atoms with Gasteiger partial charge < -0.3 is 9.64 Å². The molecule has 2 bridgehead atoms. The Balaban J connectivity index is 2.00. The van der Waals surface area contributed by atoms with E-state index in [0.717, 1.165) is 13.2 Å². The van der Waals surface area contributed by atoms with Crippen molar-refractivity contribution in [2.24, 2.45) is 0 Å². The SMILES string of the molecule is CN1CC2CCC(C1)c1ccccc1CO2. The molecule has 16 heavy (non-hydrogen) atoms. The molecule has 1 aromatic rings. The van der Waals surface area contributed by atoms with Crippen LogP contribution in [0.3, 0.4) is 0 Å². The fourth-order valence-electron chi connectivity index (χ4n) is 3.03. The monoisotopic (exact) mass is 217 g/mol. The topological polar surface area (TPSA) is 12.5 Å². The van der Waals surface area contributed by atoms with Gasteiger partial charge in [0, 0.05) is 13.1 Å². The van der Waals surface area contributed by atoms with Crippen LogP contribution in [0.1, 0.15) is 29.9 Å². The minimum atomic E-state index is 0.434. The first-order valence-corrected chi connectivity index (χ1v) is 6.21. The average molecular weight is 217 g/mol. The van der Waals surface area contributed by atoms with Crippen molar-refractivity contribution in [1.29, 1.82) is 0 Å². The third kappa shape index (κ3) is 1.87. The van der Waals surface area contributed by atoms with E-state index in [2.05, 4.69) is 36.2 Å². The number of likely N-dealkylation sites (tertiary alicyclic amines) is 1. The Morgan fingerprint density at radius 3 is 3.00 bits per heavy atom. The molecular formula is C14H19NO. The summed E-state index contributed by atoms with van der Waals surface area (Å²) in [6, 6.07) is 8.78. The van der Waals surface area contributed by atoms with Crippen LogP contribution < -0.4 is 0 Å². The van der Waals surface area contributed by atoms with Crippen molar-refractivity contribution in [2.45, 2.75) is 31.5 Å². The molecule has 2 unspecified atom stereocenters. The van der Waals surface area contributed by atoms with E-state index in [1.165, 1.54) is 30.5 Å². The van der Waals surface area contributed by atoms with Gasteiger partial charge in [-0.25, -0.2) is 0 Å². The van der Waals surface area contributed by atoms with E-state index in [9.17, 15) is 0 Å². The van der Waals surface area contributed by atoms with Crippen LogP contribution in [0.5, 0.6) is 0 Å². The summed E-state index contributed by atoms with van der Waals surface area (Å²) in [5.41, 5.74) is 2.90. The summed E-state index contributed by atoms with van der Waals surface area (Å²) in [5.74, 6) is 0.704. The molecule has 1 saturated heterocycles. The number of hydrogen-bond donors (Lipinski definition) is 0. The molecule has 0 saturated carbocycles. The maximum absolute atomic E-state index is 6.01. The molecule has 3 rings (SSSR count). The van der Waals surface area contributed by atoms with Crippen LogP contribution >= 0.6 is 0 Å². The van der Waals surface area contributed by atoms with Crippen molar-refractivity contribution < 1.29 is 4.74 Å². The Morgan fingerprint density at radius 1 is 1.19 bits per heavy atom. The molecule has 2 nitrogen and oxygen atoms in total. The van der Waals surface area contributed by atoms with Gasteiger partial charge in [0.1, 0.15) is 0 Å². The lowest BCUT2D eigenvalue weighted by atomic mass is 9.89. The van der Waals surface area contributed by atoms with Gasteiger partial charge in [-0.1, -0.05) is 24.3 Å². The molecule has 0 aromatic heterocycles. The molecule has 0 N–H and O–H groups in total. The largest absolute Gasteiger partial charge is 0.372 e. The molecule has 2 heteroatoms. The number of likely N-dealkylation sites (N-methyl/N-ethyl adjacent to an activating group) is 1.